The van der Waals surface area contributed by atoms with Gasteiger partial charge in [0, 0.05) is 24.5 Å². The van der Waals surface area contributed by atoms with Gasteiger partial charge < -0.3 is 9.64 Å². The summed E-state index contributed by atoms with van der Waals surface area (Å²) in [6.07, 6.45) is 1.45. The Balaban J connectivity index is 2.25. The number of hydrogen-bond acceptors (Lipinski definition) is 4. The fourth-order valence-corrected chi connectivity index (χ4v) is 1.74. The van der Waals surface area contributed by atoms with Gasteiger partial charge in [-0.15, -0.1) is 0 Å². The molecule has 0 atom stereocenters. The maximum absolute atomic E-state index is 12.3. The molecule has 1 aromatic heterocycles. The first-order valence-corrected chi connectivity index (χ1v) is 5.94. The lowest BCUT2D eigenvalue weighted by molar-refractivity contribution is 0.0993. The summed E-state index contributed by atoms with van der Waals surface area (Å²) in [4.78, 5) is 17.7. The molecular formula is C15H13N3O2. The summed E-state index contributed by atoms with van der Waals surface area (Å²) in [6.45, 7) is 0. The Kier molecular flexibility index (Phi) is 3.96. The molecule has 1 amide bonds. The summed E-state index contributed by atoms with van der Waals surface area (Å²) in [5.74, 6) is 0.527. The van der Waals surface area contributed by atoms with Crippen LogP contribution in [0.2, 0.25) is 0 Å². The van der Waals surface area contributed by atoms with E-state index in [1.54, 1.807) is 44.5 Å². The van der Waals surface area contributed by atoms with Gasteiger partial charge in [0.15, 0.2) is 0 Å². The molecule has 0 spiro atoms. The van der Waals surface area contributed by atoms with Gasteiger partial charge in [0.25, 0.3) is 5.91 Å². The van der Waals surface area contributed by atoms with Gasteiger partial charge in [-0.3, -0.25) is 4.79 Å². The molecule has 20 heavy (non-hydrogen) atoms. The number of ether oxygens (including phenoxy) is 1. The highest BCUT2D eigenvalue weighted by atomic mass is 16.5. The van der Waals surface area contributed by atoms with E-state index in [1.807, 2.05) is 6.07 Å². The summed E-state index contributed by atoms with van der Waals surface area (Å²) in [6, 6.07) is 12.1. The molecule has 0 aliphatic heterocycles. The number of benzene rings is 1. The van der Waals surface area contributed by atoms with Crippen molar-refractivity contribution >= 4 is 11.6 Å². The predicted octanol–water partition coefficient (Wildman–Crippen LogP) is 2.24. The lowest BCUT2D eigenvalue weighted by Crippen LogP contribution is -2.26. The van der Waals surface area contributed by atoms with Crippen molar-refractivity contribution < 1.29 is 9.53 Å². The smallest absolute Gasteiger partial charge is 0.258 e. The number of pyridine rings is 1. The van der Waals surface area contributed by atoms with Crippen LogP contribution in [0.25, 0.3) is 0 Å². The third-order valence-corrected chi connectivity index (χ3v) is 2.89. The summed E-state index contributed by atoms with van der Waals surface area (Å²) >= 11 is 0. The van der Waals surface area contributed by atoms with Crippen LogP contribution in [0.5, 0.6) is 5.75 Å². The first kappa shape index (κ1) is 13.6. The molecule has 0 fully saturated rings. The SMILES string of the molecule is COc1ccc(N(C)C(=O)c2ccnc(C#N)c2)cc1. The van der Waals surface area contributed by atoms with Gasteiger partial charge in [0.05, 0.1) is 7.11 Å². The van der Waals surface area contributed by atoms with E-state index in [9.17, 15) is 4.79 Å². The topological polar surface area (TPSA) is 66.2 Å². The molecule has 1 heterocycles. The van der Waals surface area contributed by atoms with E-state index in [0.29, 0.717) is 5.56 Å². The lowest BCUT2D eigenvalue weighted by atomic mass is 10.2. The van der Waals surface area contributed by atoms with E-state index >= 15 is 0 Å². The zero-order chi connectivity index (χ0) is 14.5. The number of rotatable bonds is 3. The van der Waals surface area contributed by atoms with Crippen molar-refractivity contribution in [1.82, 2.24) is 4.98 Å². The standard InChI is InChI=1S/C15H13N3O2/c1-18(13-3-5-14(20-2)6-4-13)15(19)11-7-8-17-12(9-11)10-16/h3-9H,1-2H3. The fraction of sp³-hybridized carbons (Fsp3) is 0.133. The Morgan fingerprint density at radius 2 is 2.00 bits per heavy atom. The van der Waals surface area contributed by atoms with Gasteiger partial charge in [-0.1, -0.05) is 0 Å². The number of methoxy groups -OCH3 is 1. The van der Waals surface area contributed by atoms with Crippen molar-refractivity contribution in [3.05, 3.63) is 53.9 Å². The third-order valence-electron chi connectivity index (χ3n) is 2.89. The molecule has 0 saturated carbocycles. The number of nitrogens with zero attached hydrogens (tertiary/aromatic N) is 3. The number of anilines is 1. The third kappa shape index (κ3) is 2.75. The lowest BCUT2D eigenvalue weighted by Gasteiger charge is -2.17. The molecule has 0 unspecified atom stereocenters. The molecule has 0 aliphatic carbocycles. The van der Waals surface area contributed by atoms with Gasteiger partial charge >= 0.3 is 0 Å². The number of amides is 1. The summed E-state index contributed by atoms with van der Waals surface area (Å²) in [5.41, 5.74) is 1.39. The quantitative estimate of drug-likeness (QED) is 0.855. The molecule has 0 aliphatic rings. The largest absolute Gasteiger partial charge is 0.497 e. The number of hydrogen-bond donors (Lipinski definition) is 0. The van der Waals surface area contributed by atoms with Crippen LogP contribution in [0.1, 0.15) is 16.1 Å². The Hall–Kier alpha value is -2.87. The van der Waals surface area contributed by atoms with Crippen LogP contribution in [0, 0.1) is 11.3 Å². The first-order valence-electron chi connectivity index (χ1n) is 5.94. The number of nitriles is 1. The molecule has 2 aromatic rings. The van der Waals surface area contributed by atoms with Crippen LogP contribution in [-0.4, -0.2) is 25.0 Å². The van der Waals surface area contributed by atoms with Gasteiger partial charge in [-0.25, -0.2) is 4.98 Å². The Labute approximate surface area is 117 Å². The minimum Gasteiger partial charge on any atom is -0.497 e. The zero-order valence-corrected chi connectivity index (χ0v) is 11.2. The minimum atomic E-state index is -0.200. The number of carbonyl (C=O) groups excluding carboxylic acids is 1. The van der Waals surface area contributed by atoms with Crippen LogP contribution >= 0.6 is 0 Å². The molecular weight excluding hydrogens is 254 g/mol. The molecule has 100 valence electrons. The number of aromatic nitrogens is 1. The second-order valence-electron chi connectivity index (χ2n) is 4.10. The average molecular weight is 267 g/mol. The van der Waals surface area contributed by atoms with Gasteiger partial charge in [0.1, 0.15) is 17.5 Å². The summed E-state index contributed by atoms with van der Waals surface area (Å²) < 4.78 is 5.08. The highest BCUT2D eigenvalue weighted by Crippen LogP contribution is 2.19. The van der Waals surface area contributed by atoms with Crippen molar-refractivity contribution in [2.75, 3.05) is 19.1 Å². The molecule has 0 saturated heterocycles. The normalized spacial score (nSPS) is 9.65. The highest BCUT2D eigenvalue weighted by Gasteiger charge is 2.14. The van der Waals surface area contributed by atoms with Gasteiger partial charge in [0.2, 0.25) is 0 Å². The molecule has 0 radical (unpaired) electrons. The Morgan fingerprint density at radius 1 is 1.30 bits per heavy atom. The second-order valence-corrected chi connectivity index (χ2v) is 4.10. The van der Waals surface area contributed by atoms with Gasteiger partial charge in [-0.2, -0.15) is 5.26 Å². The van der Waals surface area contributed by atoms with Crippen LogP contribution in [0.15, 0.2) is 42.6 Å². The highest BCUT2D eigenvalue weighted by molar-refractivity contribution is 6.05. The van der Waals surface area contributed by atoms with Crippen LogP contribution in [-0.2, 0) is 0 Å². The minimum absolute atomic E-state index is 0.200. The van der Waals surface area contributed by atoms with Crippen molar-refractivity contribution in [2.24, 2.45) is 0 Å². The van der Waals surface area contributed by atoms with E-state index < -0.39 is 0 Å². The van der Waals surface area contributed by atoms with E-state index in [2.05, 4.69) is 4.98 Å². The zero-order valence-electron chi connectivity index (χ0n) is 11.2. The maximum Gasteiger partial charge on any atom is 0.258 e. The van der Waals surface area contributed by atoms with E-state index in [0.717, 1.165) is 11.4 Å². The molecule has 2 rings (SSSR count). The molecule has 0 bridgehead atoms. The summed E-state index contributed by atoms with van der Waals surface area (Å²) in [5, 5.41) is 8.81. The Bertz CT molecular complexity index is 660. The maximum atomic E-state index is 12.3. The molecule has 5 heteroatoms. The van der Waals surface area contributed by atoms with Crippen molar-refractivity contribution in [1.29, 1.82) is 5.26 Å². The first-order chi connectivity index (χ1) is 9.65. The van der Waals surface area contributed by atoms with Crippen LogP contribution in [0.3, 0.4) is 0 Å². The number of carbonyl (C=O) groups is 1. The van der Waals surface area contributed by atoms with Crippen molar-refractivity contribution in [3.63, 3.8) is 0 Å². The van der Waals surface area contributed by atoms with Crippen LogP contribution in [0.4, 0.5) is 5.69 Å². The fourth-order valence-electron chi connectivity index (χ4n) is 1.74. The van der Waals surface area contributed by atoms with Gasteiger partial charge in [-0.05, 0) is 36.4 Å². The predicted molar refractivity (Wildman–Crippen MR) is 74.7 cm³/mol. The van der Waals surface area contributed by atoms with E-state index in [1.165, 1.54) is 17.2 Å². The van der Waals surface area contributed by atoms with Crippen molar-refractivity contribution in [2.45, 2.75) is 0 Å². The second kappa shape index (κ2) is 5.85. The van der Waals surface area contributed by atoms with E-state index in [-0.39, 0.29) is 11.6 Å². The monoisotopic (exact) mass is 267 g/mol. The average Bonchev–Trinajstić information content (AvgIpc) is 2.53. The van der Waals surface area contributed by atoms with Crippen LogP contribution < -0.4 is 9.64 Å². The summed E-state index contributed by atoms with van der Waals surface area (Å²) in [7, 11) is 3.26. The molecule has 1 aromatic carbocycles. The van der Waals surface area contributed by atoms with Crippen molar-refractivity contribution in [3.8, 4) is 11.8 Å². The molecule has 5 nitrogen and oxygen atoms in total. The van der Waals surface area contributed by atoms with E-state index in [4.69, 9.17) is 10.00 Å². The Morgan fingerprint density at radius 3 is 2.60 bits per heavy atom. The molecule has 0 N–H and O–H groups in total.